The number of amides is 1. The van der Waals surface area contributed by atoms with Gasteiger partial charge in [-0.1, -0.05) is 18.2 Å². The molecule has 1 heterocycles. The van der Waals surface area contributed by atoms with E-state index < -0.39 is 0 Å². The van der Waals surface area contributed by atoms with Gasteiger partial charge in [-0.3, -0.25) is 14.5 Å². The zero-order valence-electron chi connectivity index (χ0n) is 16.6. The first-order valence-corrected chi connectivity index (χ1v) is 9.29. The van der Waals surface area contributed by atoms with E-state index in [0.29, 0.717) is 35.1 Å². The molecule has 0 aliphatic carbocycles. The predicted octanol–water partition coefficient (Wildman–Crippen LogP) is 2.83. The molecule has 0 bridgehead atoms. The van der Waals surface area contributed by atoms with E-state index in [1.165, 1.54) is 4.68 Å². The number of nitrogens with zero attached hydrogens (tertiary/aromatic N) is 3. The second-order valence-electron chi connectivity index (χ2n) is 7.42. The molecule has 1 aromatic carbocycles. The van der Waals surface area contributed by atoms with Crippen molar-refractivity contribution in [2.75, 3.05) is 13.1 Å². The summed E-state index contributed by atoms with van der Waals surface area (Å²) in [5.41, 5.74) is 0.132. The zero-order chi connectivity index (χ0) is 19.4. The van der Waals surface area contributed by atoms with Gasteiger partial charge in [0.25, 0.3) is 11.5 Å². The van der Waals surface area contributed by atoms with Gasteiger partial charge in [-0.15, -0.1) is 0 Å². The van der Waals surface area contributed by atoms with E-state index in [9.17, 15) is 9.59 Å². The maximum absolute atomic E-state index is 12.8. The third-order valence-corrected chi connectivity index (χ3v) is 4.51. The predicted molar refractivity (Wildman–Crippen MR) is 106 cm³/mol. The SMILES string of the molecule is CC(C)N(CCNC(=O)c1nn(C(C)C)c(=O)c2ccccc12)C(C)C. The summed E-state index contributed by atoms with van der Waals surface area (Å²) in [7, 11) is 0. The van der Waals surface area contributed by atoms with Gasteiger partial charge in [-0.05, 0) is 47.6 Å². The van der Waals surface area contributed by atoms with Crippen LogP contribution in [0.15, 0.2) is 29.1 Å². The maximum atomic E-state index is 12.8. The van der Waals surface area contributed by atoms with Crippen molar-refractivity contribution in [3.63, 3.8) is 0 Å². The number of fused-ring (bicyclic) bond motifs is 1. The van der Waals surface area contributed by atoms with Gasteiger partial charge < -0.3 is 5.32 Å². The highest BCUT2D eigenvalue weighted by Crippen LogP contribution is 2.14. The molecule has 1 aromatic heterocycles. The monoisotopic (exact) mass is 358 g/mol. The number of hydrogen-bond acceptors (Lipinski definition) is 4. The average Bonchev–Trinajstić information content (AvgIpc) is 2.58. The molecular formula is C20H30N4O2. The Hall–Kier alpha value is -2.21. The molecule has 1 N–H and O–H groups in total. The molecule has 0 aliphatic heterocycles. The van der Waals surface area contributed by atoms with Crippen molar-refractivity contribution in [2.45, 2.75) is 59.7 Å². The third kappa shape index (κ3) is 4.30. The van der Waals surface area contributed by atoms with Crippen molar-refractivity contribution in [3.05, 3.63) is 40.3 Å². The fourth-order valence-corrected chi connectivity index (χ4v) is 3.22. The summed E-state index contributed by atoms with van der Waals surface area (Å²) in [5.74, 6) is -0.247. The molecule has 0 saturated heterocycles. The van der Waals surface area contributed by atoms with Crippen LogP contribution in [0.25, 0.3) is 10.8 Å². The van der Waals surface area contributed by atoms with Crippen LogP contribution in [0.4, 0.5) is 0 Å². The molecule has 0 fully saturated rings. The summed E-state index contributed by atoms with van der Waals surface area (Å²) in [6.07, 6.45) is 0. The fraction of sp³-hybridized carbons (Fsp3) is 0.550. The second-order valence-corrected chi connectivity index (χ2v) is 7.42. The average molecular weight is 358 g/mol. The first-order chi connectivity index (χ1) is 12.2. The normalized spacial score (nSPS) is 11.9. The maximum Gasteiger partial charge on any atom is 0.274 e. The smallest absolute Gasteiger partial charge is 0.274 e. The topological polar surface area (TPSA) is 67.2 Å². The van der Waals surface area contributed by atoms with E-state index in [1.807, 2.05) is 19.9 Å². The van der Waals surface area contributed by atoms with E-state index in [-0.39, 0.29) is 17.5 Å². The summed E-state index contributed by atoms with van der Waals surface area (Å²) >= 11 is 0. The number of carbonyl (C=O) groups excluding carboxylic acids is 1. The minimum absolute atomic E-state index is 0.115. The lowest BCUT2D eigenvalue weighted by Gasteiger charge is -2.30. The Balaban J connectivity index is 2.27. The summed E-state index contributed by atoms with van der Waals surface area (Å²) in [4.78, 5) is 27.6. The van der Waals surface area contributed by atoms with Crippen molar-refractivity contribution in [1.82, 2.24) is 20.0 Å². The lowest BCUT2D eigenvalue weighted by atomic mass is 10.1. The first-order valence-electron chi connectivity index (χ1n) is 9.29. The van der Waals surface area contributed by atoms with Gasteiger partial charge in [0.15, 0.2) is 5.69 Å². The molecule has 1 amide bonds. The van der Waals surface area contributed by atoms with E-state index in [1.54, 1.807) is 18.2 Å². The number of nitrogens with one attached hydrogen (secondary N) is 1. The number of rotatable bonds is 7. The van der Waals surface area contributed by atoms with Gasteiger partial charge in [0.05, 0.1) is 11.4 Å². The largest absolute Gasteiger partial charge is 0.349 e. The molecule has 26 heavy (non-hydrogen) atoms. The van der Waals surface area contributed by atoms with Crippen molar-refractivity contribution >= 4 is 16.7 Å². The van der Waals surface area contributed by atoms with E-state index in [2.05, 4.69) is 43.0 Å². The Kier molecular flexibility index (Phi) is 6.53. The van der Waals surface area contributed by atoms with E-state index in [0.717, 1.165) is 6.54 Å². The van der Waals surface area contributed by atoms with Crippen LogP contribution in [-0.2, 0) is 0 Å². The molecule has 0 unspecified atom stereocenters. The van der Waals surface area contributed by atoms with Crippen LogP contribution in [0, 0.1) is 0 Å². The van der Waals surface area contributed by atoms with Crippen LogP contribution in [0.1, 0.15) is 58.1 Å². The molecule has 6 nitrogen and oxygen atoms in total. The van der Waals surface area contributed by atoms with Crippen molar-refractivity contribution in [1.29, 1.82) is 0 Å². The summed E-state index contributed by atoms with van der Waals surface area (Å²) < 4.78 is 1.38. The lowest BCUT2D eigenvalue weighted by molar-refractivity contribution is 0.0933. The van der Waals surface area contributed by atoms with Crippen LogP contribution in [-0.4, -0.2) is 45.8 Å². The van der Waals surface area contributed by atoms with Crippen LogP contribution in [0.3, 0.4) is 0 Å². The highest BCUT2D eigenvalue weighted by Gasteiger charge is 2.18. The molecule has 0 radical (unpaired) electrons. The lowest BCUT2D eigenvalue weighted by Crippen LogP contribution is -2.42. The minimum atomic E-state index is -0.247. The molecule has 2 rings (SSSR count). The molecular weight excluding hydrogens is 328 g/mol. The summed E-state index contributed by atoms with van der Waals surface area (Å²) in [6, 6.07) is 7.85. The Morgan fingerprint density at radius 1 is 1.08 bits per heavy atom. The molecule has 2 aromatic rings. The van der Waals surface area contributed by atoms with Crippen LogP contribution in [0.5, 0.6) is 0 Å². The van der Waals surface area contributed by atoms with Gasteiger partial charge in [0.2, 0.25) is 0 Å². The van der Waals surface area contributed by atoms with Gasteiger partial charge in [0, 0.05) is 30.6 Å². The minimum Gasteiger partial charge on any atom is -0.349 e. The Morgan fingerprint density at radius 2 is 1.65 bits per heavy atom. The number of aromatic nitrogens is 2. The molecule has 142 valence electrons. The molecule has 6 heteroatoms. The van der Waals surface area contributed by atoms with Crippen LogP contribution in [0.2, 0.25) is 0 Å². The summed E-state index contributed by atoms with van der Waals surface area (Å²) in [6.45, 7) is 13.7. The van der Waals surface area contributed by atoms with Crippen molar-refractivity contribution in [3.8, 4) is 0 Å². The molecule has 0 aliphatic rings. The Morgan fingerprint density at radius 3 is 2.19 bits per heavy atom. The quantitative estimate of drug-likeness (QED) is 0.826. The summed E-state index contributed by atoms with van der Waals surface area (Å²) in [5, 5.41) is 8.42. The first kappa shape index (κ1) is 20.1. The second kappa shape index (κ2) is 8.45. The highest BCUT2D eigenvalue weighted by molar-refractivity contribution is 6.04. The van der Waals surface area contributed by atoms with Crippen molar-refractivity contribution < 1.29 is 4.79 Å². The molecule has 0 spiro atoms. The van der Waals surface area contributed by atoms with Crippen molar-refractivity contribution in [2.24, 2.45) is 0 Å². The van der Waals surface area contributed by atoms with Crippen LogP contribution < -0.4 is 10.9 Å². The van der Waals surface area contributed by atoms with Gasteiger partial charge in [0.1, 0.15) is 0 Å². The highest BCUT2D eigenvalue weighted by atomic mass is 16.2. The number of benzene rings is 1. The standard InChI is InChI=1S/C20H30N4O2/c1-13(2)23(14(3)4)12-11-21-19(25)18-16-9-7-8-10-17(16)20(26)24(22-18)15(5)6/h7-10,13-15H,11-12H2,1-6H3,(H,21,25). The van der Waals surface area contributed by atoms with Crippen LogP contribution >= 0.6 is 0 Å². The zero-order valence-corrected chi connectivity index (χ0v) is 16.6. The Labute approximate surface area is 155 Å². The third-order valence-electron chi connectivity index (χ3n) is 4.51. The fourth-order valence-electron chi connectivity index (χ4n) is 3.22. The number of carbonyl (C=O) groups is 1. The molecule has 0 atom stereocenters. The van der Waals surface area contributed by atoms with E-state index in [4.69, 9.17) is 0 Å². The van der Waals surface area contributed by atoms with Gasteiger partial charge in [-0.2, -0.15) is 5.10 Å². The van der Waals surface area contributed by atoms with Gasteiger partial charge >= 0.3 is 0 Å². The number of hydrogen-bond donors (Lipinski definition) is 1. The van der Waals surface area contributed by atoms with E-state index >= 15 is 0 Å². The van der Waals surface area contributed by atoms with Gasteiger partial charge in [-0.25, -0.2) is 4.68 Å². The molecule has 0 saturated carbocycles. The Bertz CT molecular complexity index is 816.